The first-order valence-corrected chi connectivity index (χ1v) is 3.80. The first-order chi connectivity index (χ1) is 4.75. The van der Waals surface area contributed by atoms with Gasteiger partial charge in [-0.05, 0) is 12.8 Å². The first-order valence-electron chi connectivity index (χ1n) is 3.80. The Morgan fingerprint density at radius 2 is 2.40 bits per heavy atom. The van der Waals surface area contributed by atoms with Crippen molar-refractivity contribution in [2.75, 3.05) is 13.1 Å². The Bertz CT molecular complexity index is 151. The van der Waals surface area contributed by atoms with Crippen molar-refractivity contribution in [1.29, 1.82) is 0 Å². The molecule has 2 heterocycles. The van der Waals surface area contributed by atoms with Crippen LogP contribution in [0.3, 0.4) is 0 Å². The number of hydrogen-bond donors (Lipinski definition) is 0. The highest BCUT2D eigenvalue weighted by atomic mass is 19.1. The Kier molecular flexibility index (Phi) is 1.31. The molecule has 56 valence electrons. The average Bonchev–Trinajstić information content (AvgIpc) is 2.21. The summed E-state index contributed by atoms with van der Waals surface area (Å²) in [5.74, 6) is 0. The van der Waals surface area contributed by atoms with Gasteiger partial charge in [-0.3, -0.25) is 4.90 Å². The molecule has 10 heavy (non-hydrogen) atoms. The molecular formula is C8H12FN. The molecule has 0 N–H and O–H groups in total. The SMILES string of the molecule is C=C1C[C@H]2C[C@H](F)CN2C1. The monoisotopic (exact) mass is 141 g/mol. The fourth-order valence-electron chi connectivity index (χ4n) is 2.01. The van der Waals surface area contributed by atoms with E-state index < -0.39 is 6.17 Å². The summed E-state index contributed by atoms with van der Waals surface area (Å²) in [6, 6.07) is 0.488. The summed E-state index contributed by atoms with van der Waals surface area (Å²) in [6.07, 6.45) is 1.19. The van der Waals surface area contributed by atoms with E-state index in [0.717, 1.165) is 19.4 Å². The van der Waals surface area contributed by atoms with Crippen molar-refractivity contribution in [1.82, 2.24) is 4.90 Å². The third-order valence-electron chi connectivity index (χ3n) is 2.43. The Morgan fingerprint density at radius 1 is 1.60 bits per heavy atom. The molecule has 2 aliphatic heterocycles. The summed E-state index contributed by atoms with van der Waals surface area (Å²) in [6.45, 7) is 5.48. The number of rotatable bonds is 0. The molecule has 2 heteroatoms. The molecule has 0 aliphatic carbocycles. The van der Waals surface area contributed by atoms with Crippen molar-refractivity contribution in [2.45, 2.75) is 25.1 Å². The summed E-state index contributed by atoms with van der Waals surface area (Å²) in [4.78, 5) is 2.20. The molecule has 2 aliphatic rings. The van der Waals surface area contributed by atoms with Gasteiger partial charge in [0.2, 0.25) is 0 Å². The zero-order valence-electron chi connectivity index (χ0n) is 6.02. The number of fused-ring (bicyclic) bond motifs is 1. The van der Waals surface area contributed by atoms with Gasteiger partial charge < -0.3 is 0 Å². The minimum Gasteiger partial charge on any atom is -0.293 e. The predicted molar refractivity (Wildman–Crippen MR) is 38.6 cm³/mol. The van der Waals surface area contributed by atoms with E-state index in [2.05, 4.69) is 11.5 Å². The fourth-order valence-corrected chi connectivity index (χ4v) is 2.01. The number of halogens is 1. The topological polar surface area (TPSA) is 3.24 Å². The largest absolute Gasteiger partial charge is 0.293 e. The molecule has 0 aromatic carbocycles. The summed E-state index contributed by atoms with van der Waals surface area (Å²) >= 11 is 0. The lowest BCUT2D eigenvalue weighted by Crippen LogP contribution is -2.22. The van der Waals surface area contributed by atoms with Crippen LogP contribution in [0.4, 0.5) is 4.39 Å². The van der Waals surface area contributed by atoms with E-state index in [9.17, 15) is 4.39 Å². The van der Waals surface area contributed by atoms with Crippen LogP contribution in [0.2, 0.25) is 0 Å². The standard InChI is InChI=1S/C8H12FN/c1-6-2-8-3-7(9)5-10(8)4-6/h7-8H,1-5H2/t7-,8-/m0/s1. The van der Waals surface area contributed by atoms with Gasteiger partial charge in [0.15, 0.2) is 0 Å². The van der Waals surface area contributed by atoms with Crippen LogP contribution in [-0.2, 0) is 0 Å². The third kappa shape index (κ3) is 0.870. The number of hydrogen-bond acceptors (Lipinski definition) is 1. The summed E-state index contributed by atoms with van der Waals surface area (Å²) < 4.78 is 12.7. The van der Waals surface area contributed by atoms with E-state index in [1.807, 2.05) is 0 Å². The van der Waals surface area contributed by atoms with Crippen LogP contribution in [0.25, 0.3) is 0 Å². The van der Waals surface area contributed by atoms with Crippen LogP contribution < -0.4 is 0 Å². The zero-order valence-corrected chi connectivity index (χ0v) is 6.02. The Hall–Kier alpha value is -0.370. The molecule has 0 spiro atoms. The smallest absolute Gasteiger partial charge is 0.114 e. The molecule has 0 bridgehead atoms. The summed E-state index contributed by atoms with van der Waals surface area (Å²) in [5, 5.41) is 0. The van der Waals surface area contributed by atoms with Gasteiger partial charge in [0.25, 0.3) is 0 Å². The van der Waals surface area contributed by atoms with Gasteiger partial charge in [0.05, 0.1) is 0 Å². The van der Waals surface area contributed by atoms with E-state index in [1.165, 1.54) is 5.57 Å². The first kappa shape index (κ1) is 6.35. The van der Waals surface area contributed by atoms with Crippen molar-refractivity contribution in [3.05, 3.63) is 12.2 Å². The van der Waals surface area contributed by atoms with Crippen molar-refractivity contribution < 1.29 is 4.39 Å². The second-order valence-corrected chi connectivity index (χ2v) is 3.37. The normalized spacial score (nSPS) is 40.7. The highest BCUT2D eigenvalue weighted by molar-refractivity contribution is 5.11. The molecule has 1 nitrogen and oxygen atoms in total. The van der Waals surface area contributed by atoms with Crippen molar-refractivity contribution in [3.63, 3.8) is 0 Å². The van der Waals surface area contributed by atoms with Crippen molar-refractivity contribution >= 4 is 0 Å². The lowest BCUT2D eigenvalue weighted by atomic mass is 10.1. The van der Waals surface area contributed by atoms with E-state index in [1.54, 1.807) is 0 Å². The van der Waals surface area contributed by atoms with Gasteiger partial charge in [-0.25, -0.2) is 4.39 Å². The van der Waals surface area contributed by atoms with Crippen LogP contribution >= 0.6 is 0 Å². The van der Waals surface area contributed by atoms with Crippen LogP contribution in [0.1, 0.15) is 12.8 Å². The van der Waals surface area contributed by atoms with Gasteiger partial charge in [-0.2, -0.15) is 0 Å². The Balaban J connectivity index is 2.06. The van der Waals surface area contributed by atoms with E-state index in [0.29, 0.717) is 12.6 Å². The van der Waals surface area contributed by atoms with Crippen LogP contribution in [0.15, 0.2) is 12.2 Å². The molecule has 2 atom stereocenters. The fraction of sp³-hybridized carbons (Fsp3) is 0.750. The van der Waals surface area contributed by atoms with Crippen LogP contribution in [0.5, 0.6) is 0 Å². The van der Waals surface area contributed by atoms with Gasteiger partial charge in [-0.1, -0.05) is 12.2 Å². The second kappa shape index (κ2) is 2.06. The maximum atomic E-state index is 12.7. The molecule has 0 radical (unpaired) electrons. The van der Waals surface area contributed by atoms with Gasteiger partial charge in [-0.15, -0.1) is 0 Å². The average molecular weight is 141 g/mol. The minimum absolute atomic E-state index is 0.488. The van der Waals surface area contributed by atoms with Crippen molar-refractivity contribution in [3.8, 4) is 0 Å². The zero-order chi connectivity index (χ0) is 7.14. The minimum atomic E-state index is -0.571. The quantitative estimate of drug-likeness (QED) is 0.460. The van der Waals surface area contributed by atoms with E-state index >= 15 is 0 Å². The third-order valence-corrected chi connectivity index (χ3v) is 2.43. The molecule has 0 saturated carbocycles. The molecule has 2 rings (SSSR count). The lowest BCUT2D eigenvalue weighted by molar-refractivity contribution is 0.297. The number of alkyl halides is 1. The maximum absolute atomic E-state index is 12.7. The molecule has 0 unspecified atom stereocenters. The van der Waals surface area contributed by atoms with Crippen molar-refractivity contribution in [2.24, 2.45) is 0 Å². The van der Waals surface area contributed by atoms with Crippen LogP contribution in [0, 0.1) is 0 Å². The highest BCUT2D eigenvalue weighted by Crippen LogP contribution is 2.31. The van der Waals surface area contributed by atoms with Gasteiger partial charge in [0, 0.05) is 19.1 Å². The summed E-state index contributed by atoms with van der Waals surface area (Å²) in [5.41, 5.74) is 1.27. The van der Waals surface area contributed by atoms with E-state index in [-0.39, 0.29) is 0 Å². The molecule has 2 fully saturated rings. The van der Waals surface area contributed by atoms with Gasteiger partial charge in [0.1, 0.15) is 6.17 Å². The van der Waals surface area contributed by atoms with Crippen LogP contribution in [-0.4, -0.2) is 30.2 Å². The molecule has 0 aromatic rings. The Labute approximate surface area is 60.5 Å². The molecule has 0 aromatic heterocycles. The number of nitrogens with zero attached hydrogens (tertiary/aromatic N) is 1. The Morgan fingerprint density at radius 3 is 3.10 bits per heavy atom. The van der Waals surface area contributed by atoms with Gasteiger partial charge >= 0.3 is 0 Å². The summed E-state index contributed by atoms with van der Waals surface area (Å²) in [7, 11) is 0. The predicted octanol–water partition coefficient (Wildman–Crippen LogP) is 1.36. The molecular weight excluding hydrogens is 129 g/mol. The molecule has 2 saturated heterocycles. The second-order valence-electron chi connectivity index (χ2n) is 3.37. The highest BCUT2D eigenvalue weighted by Gasteiger charge is 2.36. The molecule has 0 amide bonds. The lowest BCUT2D eigenvalue weighted by Gasteiger charge is -2.11. The van der Waals surface area contributed by atoms with E-state index in [4.69, 9.17) is 0 Å². The maximum Gasteiger partial charge on any atom is 0.114 e.